The van der Waals surface area contributed by atoms with Crippen molar-refractivity contribution in [1.29, 1.82) is 0 Å². The first kappa shape index (κ1) is 12.3. The molecule has 0 radical (unpaired) electrons. The van der Waals surface area contributed by atoms with Crippen LogP contribution in [0.15, 0.2) is 34.7 Å². The lowest BCUT2D eigenvalue weighted by Crippen LogP contribution is -1.98. The molecule has 0 atom stereocenters. The average molecular weight is 279 g/mol. The summed E-state index contributed by atoms with van der Waals surface area (Å²) in [5.41, 5.74) is 6.61. The van der Waals surface area contributed by atoms with E-state index in [9.17, 15) is 13.2 Å². The summed E-state index contributed by atoms with van der Waals surface area (Å²) >= 11 is 0. The van der Waals surface area contributed by atoms with Gasteiger partial charge in [-0.3, -0.25) is 0 Å². The standard InChI is InChI=1S/C13H8F3N3O/c14-6-4-5-8(11(16)10(6)15)18-13-19-12-7(17)2-1-3-9(12)20-13/h1-5H,17H2,(H,18,19). The third kappa shape index (κ3) is 1.93. The topological polar surface area (TPSA) is 64.1 Å². The smallest absolute Gasteiger partial charge is 0.300 e. The highest BCUT2D eigenvalue weighted by molar-refractivity contribution is 5.86. The summed E-state index contributed by atoms with van der Waals surface area (Å²) in [6.45, 7) is 0. The summed E-state index contributed by atoms with van der Waals surface area (Å²) < 4.78 is 44.7. The van der Waals surface area contributed by atoms with Crippen LogP contribution in [-0.4, -0.2) is 4.98 Å². The second kappa shape index (κ2) is 4.44. The lowest BCUT2D eigenvalue weighted by Gasteiger charge is -2.04. The highest BCUT2D eigenvalue weighted by Crippen LogP contribution is 2.27. The van der Waals surface area contributed by atoms with E-state index in [2.05, 4.69) is 10.3 Å². The largest absolute Gasteiger partial charge is 0.423 e. The van der Waals surface area contributed by atoms with Gasteiger partial charge in [-0.2, -0.15) is 4.98 Å². The summed E-state index contributed by atoms with van der Waals surface area (Å²) in [5.74, 6) is -4.18. The molecule has 2 aromatic carbocycles. The van der Waals surface area contributed by atoms with Gasteiger partial charge >= 0.3 is 0 Å². The van der Waals surface area contributed by atoms with Crippen molar-refractivity contribution in [2.24, 2.45) is 0 Å². The number of rotatable bonds is 2. The van der Waals surface area contributed by atoms with Crippen LogP contribution in [0.5, 0.6) is 0 Å². The van der Waals surface area contributed by atoms with Crippen molar-refractivity contribution in [3.8, 4) is 0 Å². The molecule has 3 rings (SSSR count). The van der Waals surface area contributed by atoms with E-state index >= 15 is 0 Å². The number of nitrogens with zero attached hydrogens (tertiary/aromatic N) is 1. The van der Waals surface area contributed by atoms with Crippen LogP contribution in [0.4, 0.5) is 30.6 Å². The second-order valence-electron chi connectivity index (χ2n) is 4.06. The number of benzene rings is 2. The van der Waals surface area contributed by atoms with Crippen molar-refractivity contribution < 1.29 is 17.6 Å². The van der Waals surface area contributed by atoms with Gasteiger partial charge < -0.3 is 15.5 Å². The molecule has 0 aliphatic carbocycles. The minimum Gasteiger partial charge on any atom is -0.423 e. The zero-order valence-corrected chi connectivity index (χ0v) is 9.95. The number of nitrogens with two attached hydrogens (primary N) is 1. The monoisotopic (exact) mass is 279 g/mol. The molecule has 0 bridgehead atoms. The highest BCUT2D eigenvalue weighted by atomic mass is 19.2. The number of oxazole rings is 1. The molecule has 102 valence electrons. The van der Waals surface area contributed by atoms with Crippen molar-refractivity contribution in [2.45, 2.75) is 0 Å². The van der Waals surface area contributed by atoms with Crippen LogP contribution in [-0.2, 0) is 0 Å². The second-order valence-corrected chi connectivity index (χ2v) is 4.06. The third-order valence-corrected chi connectivity index (χ3v) is 2.73. The Morgan fingerprint density at radius 2 is 1.85 bits per heavy atom. The number of nitrogens with one attached hydrogen (secondary N) is 1. The number of hydrogen-bond donors (Lipinski definition) is 2. The maximum atomic E-state index is 13.5. The fourth-order valence-corrected chi connectivity index (χ4v) is 1.76. The molecule has 0 saturated heterocycles. The Hall–Kier alpha value is -2.70. The van der Waals surface area contributed by atoms with E-state index in [0.717, 1.165) is 12.1 Å². The van der Waals surface area contributed by atoms with Crippen molar-refractivity contribution in [3.05, 3.63) is 47.8 Å². The molecule has 1 heterocycles. The van der Waals surface area contributed by atoms with Crippen molar-refractivity contribution in [1.82, 2.24) is 4.98 Å². The number of fused-ring (bicyclic) bond motifs is 1. The van der Waals surface area contributed by atoms with Gasteiger partial charge in [-0.1, -0.05) is 6.07 Å². The molecule has 7 heteroatoms. The Labute approximate surface area is 111 Å². The maximum absolute atomic E-state index is 13.5. The molecule has 0 fully saturated rings. The Morgan fingerprint density at radius 3 is 2.60 bits per heavy atom. The lowest BCUT2D eigenvalue weighted by molar-refractivity contribution is 0.449. The zero-order chi connectivity index (χ0) is 14.3. The summed E-state index contributed by atoms with van der Waals surface area (Å²) in [4.78, 5) is 4.02. The normalized spacial score (nSPS) is 10.9. The van der Waals surface area contributed by atoms with Crippen LogP contribution in [0, 0.1) is 17.5 Å². The summed E-state index contributed by atoms with van der Waals surface area (Å²) in [6, 6.07) is 6.72. The molecule has 0 amide bonds. The Balaban J connectivity index is 2.01. The molecular weight excluding hydrogens is 271 g/mol. The van der Waals surface area contributed by atoms with E-state index in [1.165, 1.54) is 0 Å². The average Bonchev–Trinajstić information content (AvgIpc) is 2.84. The van der Waals surface area contributed by atoms with Crippen LogP contribution in [0.25, 0.3) is 11.1 Å². The van der Waals surface area contributed by atoms with Crippen LogP contribution < -0.4 is 11.1 Å². The Bertz CT molecular complexity index is 801. The van der Waals surface area contributed by atoms with E-state index in [-0.39, 0.29) is 11.7 Å². The predicted octanol–water partition coefficient (Wildman–Crippen LogP) is 3.57. The molecule has 20 heavy (non-hydrogen) atoms. The number of hydrogen-bond acceptors (Lipinski definition) is 4. The van der Waals surface area contributed by atoms with Gasteiger partial charge in [-0.25, -0.2) is 13.2 Å². The summed E-state index contributed by atoms with van der Waals surface area (Å²) in [7, 11) is 0. The van der Waals surface area contributed by atoms with E-state index in [1.807, 2.05) is 0 Å². The number of para-hydroxylation sites is 1. The molecule has 1 aromatic heterocycles. The Morgan fingerprint density at radius 1 is 1.05 bits per heavy atom. The zero-order valence-electron chi connectivity index (χ0n) is 9.95. The molecule has 0 aliphatic rings. The molecular formula is C13H8F3N3O. The van der Waals surface area contributed by atoms with Gasteiger partial charge in [-0.05, 0) is 24.3 Å². The number of nitrogen functional groups attached to an aromatic ring is 1. The van der Waals surface area contributed by atoms with Crippen LogP contribution >= 0.6 is 0 Å². The highest BCUT2D eigenvalue weighted by Gasteiger charge is 2.15. The number of aromatic nitrogens is 1. The third-order valence-electron chi connectivity index (χ3n) is 2.73. The fourth-order valence-electron chi connectivity index (χ4n) is 1.76. The quantitative estimate of drug-likeness (QED) is 0.556. The lowest BCUT2D eigenvalue weighted by atomic mass is 10.3. The summed E-state index contributed by atoms with van der Waals surface area (Å²) in [5, 5.41) is 2.44. The van der Waals surface area contributed by atoms with Gasteiger partial charge in [0.2, 0.25) is 0 Å². The first-order valence-electron chi connectivity index (χ1n) is 5.62. The molecule has 3 N–H and O–H groups in total. The van der Waals surface area contributed by atoms with Gasteiger partial charge in [-0.15, -0.1) is 0 Å². The Kier molecular flexibility index (Phi) is 2.74. The van der Waals surface area contributed by atoms with Gasteiger partial charge in [0.25, 0.3) is 6.01 Å². The van der Waals surface area contributed by atoms with Crippen LogP contribution in [0.2, 0.25) is 0 Å². The molecule has 4 nitrogen and oxygen atoms in total. The van der Waals surface area contributed by atoms with E-state index in [1.54, 1.807) is 18.2 Å². The van der Waals surface area contributed by atoms with Crippen molar-refractivity contribution in [3.63, 3.8) is 0 Å². The molecule has 0 aliphatic heterocycles. The van der Waals surface area contributed by atoms with Crippen LogP contribution in [0.3, 0.4) is 0 Å². The van der Waals surface area contributed by atoms with E-state index in [4.69, 9.17) is 10.2 Å². The van der Waals surface area contributed by atoms with Gasteiger partial charge in [0.05, 0.1) is 11.4 Å². The van der Waals surface area contributed by atoms with Crippen molar-refractivity contribution in [2.75, 3.05) is 11.1 Å². The first-order valence-corrected chi connectivity index (χ1v) is 5.62. The molecule has 3 aromatic rings. The fraction of sp³-hybridized carbons (Fsp3) is 0. The van der Waals surface area contributed by atoms with Gasteiger partial charge in [0.15, 0.2) is 23.0 Å². The molecule has 0 unspecified atom stereocenters. The minimum atomic E-state index is -1.56. The predicted molar refractivity (Wildman–Crippen MR) is 68.0 cm³/mol. The van der Waals surface area contributed by atoms with E-state index < -0.39 is 17.5 Å². The summed E-state index contributed by atoms with van der Waals surface area (Å²) in [6.07, 6.45) is 0. The number of halogens is 3. The van der Waals surface area contributed by atoms with E-state index in [0.29, 0.717) is 16.8 Å². The maximum Gasteiger partial charge on any atom is 0.300 e. The van der Waals surface area contributed by atoms with Crippen molar-refractivity contribution >= 4 is 28.5 Å². The molecule has 0 spiro atoms. The van der Waals surface area contributed by atoms with Crippen LogP contribution in [0.1, 0.15) is 0 Å². The molecule has 0 saturated carbocycles. The van der Waals surface area contributed by atoms with Gasteiger partial charge in [0.1, 0.15) is 5.52 Å². The van der Waals surface area contributed by atoms with Gasteiger partial charge in [0, 0.05) is 0 Å². The number of anilines is 3. The first-order chi connectivity index (χ1) is 9.56. The SMILES string of the molecule is Nc1cccc2oc(Nc3ccc(F)c(F)c3F)nc12. The minimum absolute atomic E-state index is 0.0668.